The fourth-order valence-corrected chi connectivity index (χ4v) is 1.83. The number of aromatic nitrogens is 3. The fourth-order valence-electron chi connectivity index (χ4n) is 1.83. The van der Waals surface area contributed by atoms with Crippen LogP contribution in [-0.2, 0) is 6.42 Å². The topological polar surface area (TPSA) is 61.8 Å². The van der Waals surface area contributed by atoms with E-state index in [4.69, 9.17) is 0 Å². The largest absolute Gasteiger partial charge is 0.508 e. The highest BCUT2D eigenvalue weighted by molar-refractivity contribution is 5.76. The van der Waals surface area contributed by atoms with Crippen molar-refractivity contribution in [3.05, 3.63) is 54.1 Å². The Morgan fingerprint density at radius 2 is 2.18 bits per heavy atom. The summed E-state index contributed by atoms with van der Waals surface area (Å²) in [6.07, 6.45) is 4.29. The predicted molar refractivity (Wildman–Crippen MR) is 64.8 cm³/mol. The third kappa shape index (κ3) is 1.97. The van der Waals surface area contributed by atoms with Gasteiger partial charge in [0.25, 0.3) is 0 Å². The standard InChI is InChI=1S/C13H11N3O/c17-10-3-4-11-12(7-10)16-13(15-11)6-9-2-1-5-14-8-9/h1-5,7-8,17H,6H2,(H,15,16). The van der Waals surface area contributed by atoms with Crippen LogP contribution in [0.2, 0.25) is 0 Å². The second kappa shape index (κ2) is 3.90. The molecule has 0 aliphatic rings. The van der Waals surface area contributed by atoms with Crippen LogP contribution in [0.3, 0.4) is 0 Å². The van der Waals surface area contributed by atoms with Gasteiger partial charge in [0.2, 0.25) is 0 Å². The monoisotopic (exact) mass is 225 g/mol. The van der Waals surface area contributed by atoms with E-state index in [0.717, 1.165) is 22.4 Å². The van der Waals surface area contributed by atoms with Gasteiger partial charge in [-0.1, -0.05) is 6.07 Å². The van der Waals surface area contributed by atoms with Crippen LogP contribution in [0.25, 0.3) is 11.0 Å². The maximum Gasteiger partial charge on any atom is 0.117 e. The Balaban J connectivity index is 1.96. The van der Waals surface area contributed by atoms with E-state index in [1.807, 2.05) is 18.3 Å². The lowest BCUT2D eigenvalue weighted by Gasteiger charge is -1.95. The number of benzene rings is 1. The van der Waals surface area contributed by atoms with Crippen molar-refractivity contribution in [2.45, 2.75) is 6.42 Å². The second-order valence-corrected chi connectivity index (χ2v) is 3.92. The number of hydrogen-bond donors (Lipinski definition) is 2. The lowest BCUT2D eigenvalue weighted by molar-refractivity contribution is 0.476. The van der Waals surface area contributed by atoms with Crippen LogP contribution in [0, 0.1) is 0 Å². The summed E-state index contributed by atoms with van der Waals surface area (Å²) < 4.78 is 0. The molecule has 2 aromatic heterocycles. The molecule has 3 rings (SSSR count). The molecular formula is C13H11N3O. The maximum atomic E-state index is 9.37. The van der Waals surface area contributed by atoms with Gasteiger partial charge in [-0.3, -0.25) is 4.98 Å². The molecule has 0 radical (unpaired) electrons. The molecule has 0 unspecified atom stereocenters. The molecule has 17 heavy (non-hydrogen) atoms. The van der Waals surface area contributed by atoms with Crippen LogP contribution in [0.5, 0.6) is 5.75 Å². The molecule has 0 amide bonds. The summed E-state index contributed by atoms with van der Waals surface area (Å²) in [5, 5.41) is 9.37. The van der Waals surface area contributed by atoms with Gasteiger partial charge in [-0.25, -0.2) is 4.98 Å². The molecule has 1 aromatic carbocycles. The number of aromatic amines is 1. The van der Waals surface area contributed by atoms with Crippen LogP contribution in [0.1, 0.15) is 11.4 Å². The van der Waals surface area contributed by atoms with Crippen molar-refractivity contribution in [2.24, 2.45) is 0 Å². The summed E-state index contributed by atoms with van der Waals surface area (Å²) >= 11 is 0. The summed E-state index contributed by atoms with van der Waals surface area (Å²) in [5.74, 6) is 1.12. The molecule has 0 atom stereocenters. The second-order valence-electron chi connectivity index (χ2n) is 3.92. The molecule has 84 valence electrons. The smallest absolute Gasteiger partial charge is 0.117 e. The number of phenols is 1. The summed E-state index contributed by atoms with van der Waals surface area (Å²) in [6, 6.07) is 9.03. The number of H-pyrrole nitrogens is 1. The number of phenolic OH excluding ortho intramolecular Hbond substituents is 1. The normalized spacial score (nSPS) is 10.8. The van der Waals surface area contributed by atoms with Crippen molar-refractivity contribution in [1.82, 2.24) is 15.0 Å². The van der Waals surface area contributed by atoms with Gasteiger partial charge in [0.05, 0.1) is 11.0 Å². The van der Waals surface area contributed by atoms with Gasteiger partial charge in [-0.05, 0) is 23.8 Å². The Labute approximate surface area is 98.0 Å². The zero-order valence-corrected chi connectivity index (χ0v) is 9.09. The van der Waals surface area contributed by atoms with Crippen LogP contribution >= 0.6 is 0 Å². The highest BCUT2D eigenvalue weighted by Gasteiger charge is 2.04. The Kier molecular flexibility index (Phi) is 2.26. The van der Waals surface area contributed by atoms with E-state index in [1.165, 1.54) is 0 Å². The van der Waals surface area contributed by atoms with E-state index in [9.17, 15) is 5.11 Å². The number of aromatic hydroxyl groups is 1. The van der Waals surface area contributed by atoms with Gasteiger partial charge in [-0.2, -0.15) is 0 Å². The quantitative estimate of drug-likeness (QED) is 0.703. The van der Waals surface area contributed by atoms with Crippen molar-refractivity contribution in [3.63, 3.8) is 0 Å². The Hall–Kier alpha value is -2.36. The molecule has 2 heterocycles. The average molecular weight is 225 g/mol. The molecule has 0 saturated carbocycles. The number of nitrogens with zero attached hydrogens (tertiary/aromatic N) is 2. The van der Waals surface area contributed by atoms with Crippen LogP contribution in [0.4, 0.5) is 0 Å². The van der Waals surface area contributed by atoms with E-state index < -0.39 is 0 Å². The Morgan fingerprint density at radius 3 is 3.00 bits per heavy atom. The first-order valence-electron chi connectivity index (χ1n) is 5.38. The Bertz CT molecular complexity index is 646. The molecule has 0 bridgehead atoms. The minimum Gasteiger partial charge on any atom is -0.508 e. The predicted octanol–water partition coefficient (Wildman–Crippen LogP) is 2.25. The summed E-state index contributed by atoms with van der Waals surface area (Å²) in [4.78, 5) is 11.7. The number of rotatable bonds is 2. The number of hydrogen-bond acceptors (Lipinski definition) is 3. The van der Waals surface area contributed by atoms with Gasteiger partial charge in [0, 0.05) is 24.9 Å². The summed E-state index contributed by atoms with van der Waals surface area (Å²) in [5.41, 5.74) is 2.82. The zero-order valence-electron chi connectivity index (χ0n) is 9.09. The van der Waals surface area contributed by atoms with Gasteiger partial charge < -0.3 is 10.1 Å². The van der Waals surface area contributed by atoms with Crippen LogP contribution in [-0.4, -0.2) is 20.1 Å². The summed E-state index contributed by atoms with van der Waals surface area (Å²) in [6.45, 7) is 0. The van der Waals surface area contributed by atoms with Gasteiger partial charge in [-0.15, -0.1) is 0 Å². The van der Waals surface area contributed by atoms with E-state index in [1.54, 1.807) is 24.4 Å². The molecule has 0 aliphatic carbocycles. The Morgan fingerprint density at radius 1 is 1.24 bits per heavy atom. The maximum absolute atomic E-state index is 9.37. The molecule has 0 fully saturated rings. The van der Waals surface area contributed by atoms with E-state index >= 15 is 0 Å². The van der Waals surface area contributed by atoms with Gasteiger partial charge >= 0.3 is 0 Å². The van der Waals surface area contributed by atoms with Crippen molar-refractivity contribution in [3.8, 4) is 5.75 Å². The van der Waals surface area contributed by atoms with E-state index in [0.29, 0.717) is 6.42 Å². The van der Waals surface area contributed by atoms with Crippen molar-refractivity contribution < 1.29 is 5.11 Å². The van der Waals surface area contributed by atoms with Crippen molar-refractivity contribution in [1.29, 1.82) is 0 Å². The van der Waals surface area contributed by atoms with Crippen molar-refractivity contribution in [2.75, 3.05) is 0 Å². The van der Waals surface area contributed by atoms with E-state index in [2.05, 4.69) is 15.0 Å². The number of pyridine rings is 1. The first-order chi connectivity index (χ1) is 8.31. The lowest BCUT2D eigenvalue weighted by Crippen LogP contribution is -1.90. The molecule has 0 spiro atoms. The minimum absolute atomic E-state index is 0.245. The fraction of sp³-hybridized carbons (Fsp3) is 0.0769. The lowest BCUT2D eigenvalue weighted by atomic mass is 10.2. The molecular weight excluding hydrogens is 214 g/mol. The third-order valence-electron chi connectivity index (χ3n) is 2.61. The molecule has 3 aromatic rings. The third-order valence-corrected chi connectivity index (χ3v) is 2.61. The number of imidazole rings is 1. The number of nitrogens with one attached hydrogen (secondary N) is 1. The van der Waals surface area contributed by atoms with Crippen LogP contribution in [0.15, 0.2) is 42.7 Å². The highest BCUT2D eigenvalue weighted by Crippen LogP contribution is 2.18. The highest BCUT2D eigenvalue weighted by atomic mass is 16.3. The molecule has 0 saturated heterocycles. The zero-order chi connectivity index (χ0) is 11.7. The van der Waals surface area contributed by atoms with Crippen LogP contribution < -0.4 is 0 Å². The van der Waals surface area contributed by atoms with E-state index in [-0.39, 0.29) is 5.75 Å². The van der Waals surface area contributed by atoms with Crippen molar-refractivity contribution >= 4 is 11.0 Å². The molecule has 4 nitrogen and oxygen atoms in total. The SMILES string of the molecule is Oc1ccc2nc(Cc3cccnc3)[nH]c2c1. The molecule has 4 heteroatoms. The number of fused-ring (bicyclic) bond motifs is 1. The first-order valence-corrected chi connectivity index (χ1v) is 5.38. The van der Waals surface area contributed by atoms with Gasteiger partial charge in [0.15, 0.2) is 0 Å². The minimum atomic E-state index is 0.245. The molecule has 2 N–H and O–H groups in total. The summed E-state index contributed by atoms with van der Waals surface area (Å²) in [7, 11) is 0. The van der Waals surface area contributed by atoms with Gasteiger partial charge in [0.1, 0.15) is 11.6 Å². The average Bonchev–Trinajstić information content (AvgIpc) is 2.71. The first kappa shape index (κ1) is 9.84. The molecule has 0 aliphatic heterocycles.